The third kappa shape index (κ3) is 3.15. The second-order valence-electron chi connectivity index (χ2n) is 4.27. The molecular weight excluding hydrogens is 286 g/mol. The normalized spacial score (nSPS) is 20.9. The molecule has 2 heterocycles. The van der Waals surface area contributed by atoms with Crippen molar-refractivity contribution in [3.63, 3.8) is 0 Å². The Morgan fingerprint density at radius 3 is 3.12 bits per heavy atom. The summed E-state index contributed by atoms with van der Waals surface area (Å²) in [6.07, 6.45) is 4.23. The van der Waals surface area contributed by atoms with Gasteiger partial charge in [0.05, 0.1) is 4.88 Å². The molecule has 0 aliphatic carbocycles. The topological polar surface area (TPSA) is 29.1 Å². The zero-order chi connectivity index (χ0) is 11.4. The van der Waals surface area contributed by atoms with E-state index >= 15 is 0 Å². The van der Waals surface area contributed by atoms with Gasteiger partial charge < -0.3 is 5.32 Å². The Kier molecular flexibility index (Phi) is 4.55. The summed E-state index contributed by atoms with van der Waals surface area (Å²) in [5.41, 5.74) is 0. The summed E-state index contributed by atoms with van der Waals surface area (Å²) in [7, 11) is 0. The van der Waals surface area contributed by atoms with Crippen LogP contribution in [0.4, 0.5) is 0 Å². The number of carbonyl (C=O) groups is 1. The van der Waals surface area contributed by atoms with Gasteiger partial charge in [-0.25, -0.2) is 0 Å². The SMILES string of the molecule is O=C(CCC1CCCNC1)c1sccc1Br. The second-order valence-corrected chi connectivity index (χ2v) is 6.04. The Labute approximate surface area is 109 Å². The molecule has 1 aromatic heterocycles. The highest BCUT2D eigenvalue weighted by Gasteiger charge is 2.16. The number of ketones is 1. The Hall–Kier alpha value is -0.190. The van der Waals surface area contributed by atoms with Crippen LogP contribution < -0.4 is 5.32 Å². The molecule has 1 aliphatic rings. The molecule has 1 aliphatic heterocycles. The van der Waals surface area contributed by atoms with Crippen LogP contribution >= 0.6 is 27.3 Å². The minimum atomic E-state index is 0.285. The van der Waals surface area contributed by atoms with Crippen LogP contribution in [0.2, 0.25) is 0 Å². The van der Waals surface area contributed by atoms with Gasteiger partial charge in [-0.05, 0) is 65.6 Å². The van der Waals surface area contributed by atoms with Crippen LogP contribution in [0.1, 0.15) is 35.4 Å². The maximum Gasteiger partial charge on any atom is 0.173 e. The fraction of sp³-hybridized carbons (Fsp3) is 0.583. The van der Waals surface area contributed by atoms with E-state index in [4.69, 9.17) is 0 Å². The first-order valence-corrected chi connectivity index (χ1v) is 7.41. The maximum atomic E-state index is 11.9. The van der Waals surface area contributed by atoms with Gasteiger partial charge >= 0.3 is 0 Å². The molecule has 1 aromatic rings. The van der Waals surface area contributed by atoms with Crippen molar-refractivity contribution in [1.82, 2.24) is 5.32 Å². The third-order valence-corrected chi connectivity index (χ3v) is 4.93. The van der Waals surface area contributed by atoms with Crippen molar-refractivity contribution in [3.8, 4) is 0 Å². The molecule has 1 unspecified atom stereocenters. The molecule has 0 aromatic carbocycles. The highest BCUT2D eigenvalue weighted by molar-refractivity contribution is 9.10. The van der Waals surface area contributed by atoms with Crippen LogP contribution in [0.15, 0.2) is 15.9 Å². The monoisotopic (exact) mass is 301 g/mol. The number of nitrogens with one attached hydrogen (secondary N) is 1. The van der Waals surface area contributed by atoms with Crippen molar-refractivity contribution < 1.29 is 4.79 Å². The van der Waals surface area contributed by atoms with E-state index in [1.807, 2.05) is 11.4 Å². The minimum absolute atomic E-state index is 0.285. The molecule has 2 rings (SSSR count). The van der Waals surface area contributed by atoms with Crippen LogP contribution in [0.3, 0.4) is 0 Å². The van der Waals surface area contributed by atoms with Crippen molar-refractivity contribution in [2.24, 2.45) is 5.92 Å². The van der Waals surface area contributed by atoms with Crippen molar-refractivity contribution in [2.75, 3.05) is 13.1 Å². The molecule has 88 valence electrons. The van der Waals surface area contributed by atoms with Gasteiger partial charge in [-0.2, -0.15) is 0 Å². The fourth-order valence-electron chi connectivity index (χ4n) is 2.11. The van der Waals surface area contributed by atoms with Crippen LogP contribution in [0.25, 0.3) is 0 Å². The molecule has 1 fully saturated rings. The van der Waals surface area contributed by atoms with Gasteiger partial charge in [-0.15, -0.1) is 11.3 Å². The Bertz CT molecular complexity index is 358. The van der Waals surface area contributed by atoms with E-state index in [-0.39, 0.29) is 5.78 Å². The summed E-state index contributed by atoms with van der Waals surface area (Å²) >= 11 is 4.94. The lowest BCUT2D eigenvalue weighted by molar-refractivity contribution is 0.0974. The molecule has 4 heteroatoms. The van der Waals surface area contributed by atoms with Crippen LogP contribution in [0.5, 0.6) is 0 Å². The van der Waals surface area contributed by atoms with Gasteiger partial charge in [0.25, 0.3) is 0 Å². The molecular formula is C12H16BrNOS. The Morgan fingerprint density at radius 2 is 2.50 bits per heavy atom. The second kappa shape index (κ2) is 5.94. The highest BCUT2D eigenvalue weighted by atomic mass is 79.9. The number of thiophene rings is 1. The number of Topliss-reactive ketones (excluding diaryl/α,β-unsaturated/α-hetero) is 1. The van der Waals surface area contributed by atoms with Crippen LogP contribution in [0, 0.1) is 5.92 Å². The van der Waals surface area contributed by atoms with E-state index in [1.54, 1.807) is 0 Å². The summed E-state index contributed by atoms with van der Waals surface area (Å²) < 4.78 is 0.948. The van der Waals surface area contributed by atoms with Gasteiger partial charge in [0.1, 0.15) is 0 Å². The summed E-state index contributed by atoms with van der Waals surface area (Å²) in [5, 5.41) is 5.34. The largest absolute Gasteiger partial charge is 0.316 e. The Morgan fingerprint density at radius 1 is 1.62 bits per heavy atom. The number of rotatable bonds is 4. The van der Waals surface area contributed by atoms with Gasteiger partial charge in [0, 0.05) is 10.9 Å². The van der Waals surface area contributed by atoms with Crippen LogP contribution in [-0.4, -0.2) is 18.9 Å². The average molecular weight is 302 g/mol. The Balaban J connectivity index is 1.81. The van der Waals surface area contributed by atoms with E-state index in [0.29, 0.717) is 12.3 Å². The molecule has 1 saturated heterocycles. The zero-order valence-electron chi connectivity index (χ0n) is 9.17. The standard InChI is InChI=1S/C12H16BrNOS/c13-10-5-7-16-12(10)11(15)4-3-9-2-1-6-14-8-9/h5,7,9,14H,1-4,6,8H2. The molecule has 1 atom stereocenters. The molecule has 0 saturated carbocycles. The van der Waals surface area contributed by atoms with Crippen LogP contribution in [-0.2, 0) is 0 Å². The van der Waals surface area contributed by atoms with E-state index in [1.165, 1.54) is 24.2 Å². The van der Waals surface area contributed by atoms with E-state index in [9.17, 15) is 4.79 Å². The highest BCUT2D eigenvalue weighted by Crippen LogP contribution is 2.26. The molecule has 2 nitrogen and oxygen atoms in total. The van der Waals surface area contributed by atoms with Crippen molar-refractivity contribution in [1.29, 1.82) is 0 Å². The summed E-state index contributed by atoms with van der Waals surface area (Å²) in [4.78, 5) is 12.8. The zero-order valence-corrected chi connectivity index (χ0v) is 11.6. The first kappa shape index (κ1) is 12.3. The smallest absolute Gasteiger partial charge is 0.173 e. The lowest BCUT2D eigenvalue weighted by atomic mass is 9.93. The van der Waals surface area contributed by atoms with E-state index in [0.717, 1.165) is 28.9 Å². The molecule has 0 spiro atoms. The van der Waals surface area contributed by atoms with Gasteiger partial charge in [-0.1, -0.05) is 0 Å². The predicted molar refractivity (Wildman–Crippen MR) is 71.2 cm³/mol. The minimum Gasteiger partial charge on any atom is -0.316 e. The fourth-order valence-corrected chi connectivity index (χ4v) is 3.67. The lowest BCUT2D eigenvalue weighted by Gasteiger charge is -2.22. The number of carbonyl (C=O) groups excluding carboxylic acids is 1. The van der Waals surface area contributed by atoms with Gasteiger partial charge in [-0.3, -0.25) is 4.79 Å². The van der Waals surface area contributed by atoms with E-state index in [2.05, 4.69) is 21.2 Å². The molecule has 0 bridgehead atoms. The third-order valence-electron chi connectivity index (χ3n) is 3.05. The molecule has 16 heavy (non-hydrogen) atoms. The maximum absolute atomic E-state index is 11.9. The summed E-state index contributed by atoms with van der Waals surface area (Å²) in [6, 6.07) is 1.94. The average Bonchev–Trinajstić information content (AvgIpc) is 2.74. The number of hydrogen-bond donors (Lipinski definition) is 1. The predicted octanol–water partition coefficient (Wildman–Crippen LogP) is 3.47. The van der Waals surface area contributed by atoms with Crippen molar-refractivity contribution in [3.05, 3.63) is 20.8 Å². The van der Waals surface area contributed by atoms with Crippen molar-refractivity contribution >= 4 is 33.0 Å². The first-order chi connectivity index (χ1) is 7.77. The molecule has 1 N–H and O–H groups in total. The summed E-state index contributed by atoms with van der Waals surface area (Å²) in [5.74, 6) is 0.976. The molecule has 0 amide bonds. The van der Waals surface area contributed by atoms with Crippen molar-refractivity contribution in [2.45, 2.75) is 25.7 Å². The van der Waals surface area contributed by atoms with Gasteiger partial charge in [0.2, 0.25) is 0 Å². The van der Waals surface area contributed by atoms with E-state index < -0.39 is 0 Å². The molecule has 0 radical (unpaired) electrons. The van der Waals surface area contributed by atoms with Gasteiger partial charge in [0.15, 0.2) is 5.78 Å². The lowest BCUT2D eigenvalue weighted by Crippen LogP contribution is -2.29. The number of halogens is 1. The first-order valence-electron chi connectivity index (χ1n) is 5.74. The number of piperidine rings is 1. The summed E-state index contributed by atoms with van der Waals surface area (Å²) in [6.45, 7) is 2.22. The quantitative estimate of drug-likeness (QED) is 0.863. The number of hydrogen-bond acceptors (Lipinski definition) is 3.